The van der Waals surface area contributed by atoms with E-state index in [0.29, 0.717) is 28.0 Å². The number of benzene rings is 2. The maximum Gasteiger partial charge on any atom is 0.190 e. The smallest absolute Gasteiger partial charge is 0.190 e. The Bertz CT molecular complexity index is 748. The quantitative estimate of drug-likeness (QED) is 0.847. The lowest BCUT2D eigenvalue weighted by Crippen LogP contribution is -2.14. The van der Waals surface area contributed by atoms with Crippen molar-refractivity contribution in [2.75, 3.05) is 0 Å². The van der Waals surface area contributed by atoms with E-state index >= 15 is 0 Å². The first kappa shape index (κ1) is 13.8. The van der Waals surface area contributed by atoms with Gasteiger partial charge in [-0.05, 0) is 45.8 Å². The monoisotopic (exact) mass is 342 g/mol. The summed E-state index contributed by atoms with van der Waals surface area (Å²) in [5.41, 5.74) is 1.70. The Morgan fingerprint density at radius 3 is 2.38 bits per heavy atom. The summed E-state index contributed by atoms with van der Waals surface area (Å²) in [5, 5.41) is 0. The number of halogens is 1. The molecule has 3 nitrogen and oxygen atoms in total. The standard InChI is InChI=1S/C17H11BrO3/c18-13-7-6-12-14(19)8-9-15(20)16(12)17(13)21-10-11-4-2-1-3-5-11/h1-9H,10H2. The maximum atomic E-state index is 12.1. The summed E-state index contributed by atoms with van der Waals surface area (Å²) >= 11 is 3.38. The van der Waals surface area contributed by atoms with Gasteiger partial charge >= 0.3 is 0 Å². The Morgan fingerprint density at radius 2 is 1.62 bits per heavy atom. The van der Waals surface area contributed by atoms with Crippen molar-refractivity contribution in [2.24, 2.45) is 0 Å². The van der Waals surface area contributed by atoms with Crippen LogP contribution in [0.1, 0.15) is 26.3 Å². The lowest BCUT2D eigenvalue weighted by atomic mass is 9.94. The molecule has 0 atom stereocenters. The van der Waals surface area contributed by atoms with Crippen LogP contribution in [0.4, 0.5) is 0 Å². The summed E-state index contributed by atoms with van der Waals surface area (Å²) in [6, 6.07) is 13.0. The second-order valence-electron chi connectivity index (χ2n) is 4.64. The Kier molecular flexibility index (Phi) is 3.71. The number of fused-ring (bicyclic) bond motifs is 1. The minimum absolute atomic E-state index is 0.179. The Labute approximate surface area is 130 Å². The second-order valence-corrected chi connectivity index (χ2v) is 5.49. The van der Waals surface area contributed by atoms with Crippen LogP contribution < -0.4 is 4.74 Å². The number of allylic oxidation sites excluding steroid dienone is 2. The van der Waals surface area contributed by atoms with Gasteiger partial charge in [0.1, 0.15) is 12.4 Å². The molecule has 104 valence electrons. The van der Waals surface area contributed by atoms with Gasteiger partial charge in [0.25, 0.3) is 0 Å². The van der Waals surface area contributed by atoms with E-state index in [4.69, 9.17) is 4.74 Å². The number of hydrogen-bond donors (Lipinski definition) is 0. The summed E-state index contributed by atoms with van der Waals surface area (Å²) < 4.78 is 6.45. The third kappa shape index (κ3) is 2.67. The van der Waals surface area contributed by atoms with Crippen molar-refractivity contribution < 1.29 is 14.3 Å². The lowest BCUT2D eigenvalue weighted by molar-refractivity contribution is 0.0990. The van der Waals surface area contributed by atoms with Gasteiger partial charge in [-0.2, -0.15) is 0 Å². The highest BCUT2D eigenvalue weighted by molar-refractivity contribution is 9.10. The molecule has 0 unspecified atom stereocenters. The molecular weight excluding hydrogens is 332 g/mol. The summed E-state index contributed by atoms with van der Waals surface area (Å²) in [6.45, 7) is 0.334. The van der Waals surface area contributed by atoms with Crippen LogP contribution >= 0.6 is 15.9 Å². The number of ether oxygens (including phenoxy) is 1. The zero-order chi connectivity index (χ0) is 14.8. The Hall–Kier alpha value is -2.20. The highest BCUT2D eigenvalue weighted by Crippen LogP contribution is 2.34. The molecule has 0 fully saturated rings. The van der Waals surface area contributed by atoms with Crippen LogP contribution in [-0.4, -0.2) is 11.6 Å². The average Bonchev–Trinajstić information content (AvgIpc) is 2.51. The van der Waals surface area contributed by atoms with Gasteiger partial charge in [-0.15, -0.1) is 0 Å². The molecule has 0 heterocycles. The molecule has 1 aliphatic rings. The summed E-state index contributed by atoms with van der Waals surface area (Å²) in [4.78, 5) is 23.9. The normalized spacial score (nSPS) is 13.2. The van der Waals surface area contributed by atoms with E-state index in [0.717, 1.165) is 5.56 Å². The van der Waals surface area contributed by atoms with Crippen LogP contribution in [0.2, 0.25) is 0 Å². The Morgan fingerprint density at radius 1 is 0.905 bits per heavy atom. The van der Waals surface area contributed by atoms with E-state index in [1.165, 1.54) is 12.2 Å². The fourth-order valence-corrected chi connectivity index (χ4v) is 2.65. The fraction of sp³-hybridized carbons (Fsp3) is 0.0588. The summed E-state index contributed by atoms with van der Waals surface area (Å²) in [5.74, 6) is 0.0228. The molecule has 0 spiro atoms. The number of ketones is 2. The van der Waals surface area contributed by atoms with E-state index in [2.05, 4.69) is 15.9 Å². The number of carbonyl (C=O) groups excluding carboxylic acids is 2. The zero-order valence-corrected chi connectivity index (χ0v) is 12.6. The van der Waals surface area contributed by atoms with Gasteiger partial charge in [0.2, 0.25) is 0 Å². The van der Waals surface area contributed by atoms with Crippen LogP contribution in [0, 0.1) is 0 Å². The molecule has 2 aromatic carbocycles. The number of carbonyl (C=O) groups is 2. The zero-order valence-electron chi connectivity index (χ0n) is 11.0. The first-order chi connectivity index (χ1) is 10.2. The number of rotatable bonds is 3. The molecule has 4 heteroatoms. The van der Waals surface area contributed by atoms with E-state index in [9.17, 15) is 9.59 Å². The van der Waals surface area contributed by atoms with Gasteiger partial charge in [-0.1, -0.05) is 30.3 Å². The lowest BCUT2D eigenvalue weighted by Gasteiger charge is -2.16. The molecule has 0 bridgehead atoms. The molecular formula is C17H11BrO3. The highest BCUT2D eigenvalue weighted by Gasteiger charge is 2.25. The minimum atomic E-state index is -0.214. The van der Waals surface area contributed by atoms with Gasteiger partial charge in [0.05, 0.1) is 10.0 Å². The molecule has 0 amide bonds. The van der Waals surface area contributed by atoms with Crippen LogP contribution in [-0.2, 0) is 6.61 Å². The molecule has 0 radical (unpaired) electrons. The van der Waals surface area contributed by atoms with Crippen molar-refractivity contribution >= 4 is 27.5 Å². The van der Waals surface area contributed by atoms with Crippen LogP contribution in [0.3, 0.4) is 0 Å². The average molecular weight is 343 g/mol. The van der Waals surface area contributed by atoms with Crippen molar-refractivity contribution in [1.29, 1.82) is 0 Å². The van der Waals surface area contributed by atoms with Crippen LogP contribution in [0.15, 0.2) is 59.1 Å². The highest BCUT2D eigenvalue weighted by atomic mass is 79.9. The summed E-state index contributed by atoms with van der Waals surface area (Å²) in [7, 11) is 0. The SMILES string of the molecule is O=C1C=CC(=O)c2c1ccc(Br)c2OCc1ccccc1. The molecule has 3 rings (SSSR count). The molecule has 1 aliphatic carbocycles. The molecule has 0 saturated heterocycles. The predicted octanol–water partition coefficient (Wildman–Crippen LogP) is 3.96. The molecule has 2 aromatic rings. The first-order valence-electron chi connectivity index (χ1n) is 6.43. The summed E-state index contributed by atoms with van der Waals surface area (Å²) in [6.07, 6.45) is 2.58. The molecule has 0 saturated carbocycles. The largest absolute Gasteiger partial charge is 0.487 e. The van der Waals surface area contributed by atoms with E-state index in [1.807, 2.05) is 30.3 Å². The predicted molar refractivity (Wildman–Crippen MR) is 82.7 cm³/mol. The first-order valence-corrected chi connectivity index (χ1v) is 7.22. The maximum absolute atomic E-state index is 12.1. The molecule has 0 N–H and O–H groups in total. The molecule has 0 aliphatic heterocycles. The van der Waals surface area contributed by atoms with E-state index < -0.39 is 0 Å². The van der Waals surface area contributed by atoms with Gasteiger partial charge in [0, 0.05) is 5.56 Å². The van der Waals surface area contributed by atoms with Crippen molar-refractivity contribution in [2.45, 2.75) is 6.61 Å². The van der Waals surface area contributed by atoms with Crippen LogP contribution in [0.5, 0.6) is 5.75 Å². The van der Waals surface area contributed by atoms with Gasteiger partial charge in [-0.25, -0.2) is 0 Å². The van der Waals surface area contributed by atoms with Gasteiger partial charge in [-0.3, -0.25) is 9.59 Å². The third-order valence-corrected chi connectivity index (χ3v) is 3.86. The van der Waals surface area contributed by atoms with Crippen molar-refractivity contribution in [3.05, 3.63) is 75.8 Å². The van der Waals surface area contributed by atoms with Crippen LogP contribution in [0.25, 0.3) is 0 Å². The topological polar surface area (TPSA) is 43.4 Å². The van der Waals surface area contributed by atoms with Gasteiger partial charge in [0.15, 0.2) is 11.6 Å². The van der Waals surface area contributed by atoms with E-state index in [-0.39, 0.29) is 11.6 Å². The molecule has 0 aromatic heterocycles. The molecule has 21 heavy (non-hydrogen) atoms. The Balaban J connectivity index is 1.98. The van der Waals surface area contributed by atoms with Gasteiger partial charge < -0.3 is 4.74 Å². The van der Waals surface area contributed by atoms with E-state index in [1.54, 1.807) is 12.1 Å². The van der Waals surface area contributed by atoms with Crippen molar-refractivity contribution in [1.82, 2.24) is 0 Å². The fourth-order valence-electron chi connectivity index (χ4n) is 2.20. The third-order valence-electron chi connectivity index (χ3n) is 3.23. The number of hydrogen-bond acceptors (Lipinski definition) is 3. The van der Waals surface area contributed by atoms with Crippen molar-refractivity contribution in [3.8, 4) is 5.75 Å². The van der Waals surface area contributed by atoms with Crippen molar-refractivity contribution in [3.63, 3.8) is 0 Å². The minimum Gasteiger partial charge on any atom is -0.487 e. The second kappa shape index (κ2) is 5.66.